The van der Waals surface area contributed by atoms with Crippen LogP contribution in [0.1, 0.15) is 25.7 Å². The smallest absolute Gasteiger partial charge is 0.235 e. The van der Waals surface area contributed by atoms with Crippen molar-refractivity contribution in [1.82, 2.24) is 4.90 Å². The van der Waals surface area contributed by atoms with E-state index in [2.05, 4.69) is 0 Å². The molecule has 1 saturated heterocycles. The highest BCUT2D eigenvalue weighted by atomic mass is 32.2. The van der Waals surface area contributed by atoms with Gasteiger partial charge in [-0.15, -0.1) is 0 Å². The largest absolute Gasteiger partial charge is 0.398 e. The predicted octanol–water partition coefficient (Wildman–Crippen LogP) is 1.92. The van der Waals surface area contributed by atoms with Crippen LogP contribution in [0, 0.1) is 5.82 Å². The van der Waals surface area contributed by atoms with Crippen molar-refractivity contribution >= 4 is 22.4 Å². The number of nitrogens with two attached hydrogens (primary N) is 1. The lowest BCUT2D eigenvalue weighted by Gasteiger charge is -2.20. The van der Waals surface area contributed by atoms with Crippen LogP contribution in [0.25, 0.3) is 0 Å². The van der Waals surface area contributed by atoms with E-state index in [1.165, 1.54) is 12.1 Å². The van der Waals surface area contributed by atoms with Gasteiger partial charge in [0, 0.05) is 13.1 Å². The molecule has 0 radical (unpaired) electrons. The minimum Gasteiger partial charge on any atom is -0.398 e. The Bertz CT molecular complexity index is 514. The molecule has 1 heterocycles. The Morgan fingerprint density at radius 1 is 1.25 bits per heavy atom. The lowest BCUT2D eigenvalue weighted by atomic mass is 10.2. The van der Waals surface area contributed by atoms with E-state index >= 15 is 0 Å². The van der Waals surface area contributed by atoms with E-state index in [9.17, 15) is 13.4 Å². The number of nitrogen functional groups attached to an aromatic ring is 1. The van der Waals surface area contributed by atoms with Gasteiger partial charge in [-0.2, -0.15) is 0 Å². The van der Waals surface area contributed by atoms with Gasteiger partial charge in [0.05, 0.1) is 21.4 Å². The van der Waals surface area contributed by atoms with Crippen LogP contribution in [-0.2, 0) is 15.6 Å². The number of amides is 1. The van der Waals surface area contributed by atoms with E-state index < -0.39 is 16.6 Å². The van der Waals surface area contributed by atoms with Crippen LogP contribution < -0.4 is 5.73 Å². The Balaban J connectivity index is 2.01. The zero-order valence-corrected chi connectivity index (χ0v) is 12.1. The minimum absolute atomic E-state index is 0.0875. The molecule has 1 amide bonds. The maximum absolute atomic E-state index is 13.0. The summed E-state index contributed by atoms with van der Waals surface area (Å²) in [6, 6.07) is 3.72. The Morgan fingerprint density at radius 3 is 2.50 bits per heavy atom. The third kappa shape index (κ3) is 3.79. The molecule has 1 unspecified atom stereocenters. The molecule has 1 fully saturated rings. The number of likely N-dealkylation sites (tertiary alicyclic amines) is 1. The maximum atomic E-state index is 13.0. The third-order valence-corrected chi connectivity index (χ3v) is 4.80. The van der Waals surface area contributed by atoms with Crippen molar-refractivity contribution in [2.75, 3.05) is 24.6 Å². The molecular weight excluding hydrogens is 279 g/mol. The summed E-state index contributed by atoms with van der Waals surface area (Å²) in [6.45, 7) is 1.46. The average Bonchev–Trinajstić information content (AvgIpc) is 2.67. The second-order valence-electron chi connectivity index (χ2n) is 4.97. The van der Waals surface area contributed by atoms with Crippen LogP contribution in [0.5, 0.6) is 0 Å². The summed E-state index contributed by atoms with van der Waals surface area (Å²) in [5, 5.41) is 0. The molecule has 1 aromatic carbocycles. The first kappa shape index (κ1) is 15.0. The fraction of sp³-hybridized carbons (Fsp3) is 0.500. The molecular formula is C14H19FN2O2S. The quantitative estimate of drug-likeness (QED) is 0.867. The van der Waals surface area contributed by atoms with Gasteiger partial charge in [0.1, 0.15) is 11.6 Å². The number of anilines is 1. The number of hydrogen-bond donors (Lipinski definition) is 1. The number of carbonyl (C=O) groups is 1. The van der Waals surface area contributed by atoms with E-state index in [1.54, 1.807) is 4.90 Å². The molecule has 20 heavy (non-hydrogen) atoms. The van der Waals surface area contributed by atoms with Crippen LogP contribution >= 0.6 is 0 Å². The molecule has 6 heteroatoms. The van der Waals surface area contributed by atoms with Crippen LogP contribution in [0.4, 0.5) is 10.1 Å². The summed E-state index contributed by atoms with van der Waals surface area (Å²) in [5.74, 6) is -0.674. The molecule has 1 aromatic rings. The first-order chi connectivity index (χ1) is 9.58. The van der Waals surface area contributed by atoms with Gasteiger partial charge in [0.25, 0.3) is 0 Å². The molecule has 2 rings (SSSR count). The predicted molar refractivity (Wildman–Crippen MR) is 77.1 cm³/mol. The number of nitrogens with zero attached hydrogens (tertiary/aromatic N) is 1. The van der Waals surface area contributed by atoms with Crippen LogP contribution in [-0.4, -0.2) is 33.9 Å². The van der Waals surface area contributed by atoms with E-state index in [0.29, 0.717) is 4.90 Å². The monoisotopic (exact) mass is 298 g/mol. The summed E-state index contributed by atoms with van der Waals surface area (Å²) in [5.41, 5.74) is 5.78. The lowest BCUT2D eigenvalue weighted by Crippen LogP contribution is -2.35. The van der Waals surface area contributed by atoms with Crippen molar-refractivity contribution in [1.29, 1.82) is 0 Å². The van der Waals surface area contributed by atoms with E-state index in [0.717, 1.165) is 44.8 Å². The Hall–Kier alpha value is -1.43. The van der Waals surface area contributed by atoms with Gasteiger partial charge in [-0.25, -0.2) is 4.39 Å². The van der Waals surface area contributed by atoms with E-state index in [4.69, 9.17) is 5.73 Å². The Morgan fingerprint density at radius 2 is 1.90 bits per heavy atom. The van der Waals surface area contributed by atoms with Crippen molar-refractivity contribution in [3.05, 3.63) is 24.0 Å². The summed E-state index contributed by atoms with van der Waals surface area (Å²) in [7, 11) is -1.52. The number of halogens is 1. The van der Waals surface area contributed by atoms with Gasteiger partial charge in [0.15, 0.2) is 0 Å². The van der Waals surface area contributed by atoms with Crippen molar-refractivity contribution in [3.8, 4) is 0 Å². The number of carbonyl (C=O) groups excluding carboxylic acids is 1. The molecule has 4 nitrogen and oxygen atoms in total. The van der Waals surface area contributed by atoms with Gasteiger partial charge >= 0.3 is 0 Å². The Kier molecular flexibility index (Phi) is 5.11. The molecule has 0 bridgehead atoms. The molecule has 1 aliphatic rings. The molecule has 1 atom stereocenters. The molecule has 0 spiro atoms. The highest BCUT2D eigenvalue weighted by Gasteiger charge is 2.19. The van der Waals surface area contributed by atoms with Crippen molar-refractivity contribution in [2.45, 2.75) is 30.6 Å². The second kappa shape index (κ2) is 6.83. The average molecular weight is 298 g/mol. The fourth-order valence-corrected chi connectivity index (χ4v) is 3.43. The van der Waals surface area contributed by atoms with Crippen molar-refractivity contribution in [2.24, 2.45) is 0 Å². The van der Waals surface area contributed by atoms with Gasteiger partial charge in [-0.1, -0.05) is 12.8 Å². The van der Waals surface area contributed by atoms with Crippen LogP contribution in [0.3, 0.4) is 0 Å². The topological polar surface area (TPSA) is 63.4 Å². The zero-order chi connectivity index (χ0) is 14.5. The van der Waals surface area contributed by atoms with E-state index in [-0.39, 0.29) is 17.3 Å². The molecule has 2 N–H and O–H groups in total. The summed E-state index contributed by atoms with van der Waals surface area (Å²) in [4.78, 5) is 14.2. The van der Waals surface area contributed by atoms with Crippen molar-refractivity contribution in [3.63, 3.8) is 0 Å². The highest BCUT2D eigenvalue weighted by Crippen LogP contribution is 2.18. The van der Waals surface area contributed by atoms with Gasteiger partial charge in [-0.05, 0) is 31.0 Å². The SMILES string of the molecule is Nc1cc(F)ccc1S(=O)CC(=O)N1CCCCCC1. The number of rotatable bonds is 3. The van der Waals surface area contributed by atoms with Crippen molar-refractivity contribution < 1.29 is 13.4 Å². The van der Waals surface area contributed by atoms with Gasteiger partial charge < -0.3 is 10.6 Å². The molecule has 0 aliphatic carbocycles. The summed E-state index contributed by atoms with van der Waals surface area (Å²) in [6.07, 6.45) is 4.27. The third-order valence-electron chi connectivity index (χ3n) is 3.43. The normalized spacial score (nSPS) is 17.6. The van der Waals surface area contributed by atoms with Crippen LogP contribution in [0.2, 0.25) is 0 Å². The van der Waals surface area contributed by atoms with Crippen LogP contribution in [0.15, 0.2) is 23.1 Å². The molecule has 0 saturated carbocycles. The molecule has 0 aromatic heterocycles. The number of hydrogen-bond acceptors (Lipinski definition) is 3. The number of benzene rings is 1. The zero-order valence-electron chi connectivity index (χ0n) is 11.3. The first-order valence-corrected chi connectivity index (χ1v) is 8.11. The minimum atomic E-state index is -1.52. The fourth-order valence-electron chi connectivity index (χ4n) is 2.33. The standard InChI is InChI=1S/C14H19FN2O2S/c15-11-5-6-13(12(16)9-11)20(19)10-14(18)17-7-3-1-2-4-8-17/h5-6,9H,1-4,7-8,10,16H2. The maximum Gasteiger partial charge on any atom is 0.235 e. The lowest BCUT2D eigenvalue weighted by molar-refractivity contribution is -0.128. The molecule has 110 valence electrons. The highest BCUT2D eigenvalue weighted by molar-refractivity contribution is 7.86. The second-order valence-corrected chi connectivity index (χ2v) is 6.39. The summed E-state index contributed by atoms with van der Waals surface area (Å²) < 4.78 is 25.1. The molecule has 1 aliphatic heterocycles. The summed E-state index contributed by atoms with van der Waals surface area (Å²) >= 11 is 0. The first-order valence-electron chi connectivity index (χ1n) is 6.79. The van der Waals surface area contributed by atoms with E-state index in [1.807, 2.05) is 0 Å². The van der Waals surface area contributed by atoms with Gasteiger partial charge in [0.2, 0.25) is 5.91 Å². The van der Waals surface area contributed by atoms with Gasteiger partial charge in [-0.3, -0.25) is 9.00 Å². The Labute approximate surface area is 120 Å².